The van der Waals surface area contributed by atoms with Crippen LogP contribution in [0.2, 0.25) is 0 Å². The molecule has 1 aromatic carbocycles. The Morgan fingerprint density at radius 3 is 2.41 bits per heavy atom. The van der Waals surface area contributed by atoms with E-state index in [-0.39, 0.29) is 5.91 Å². The zero-order valence-electron chi connectivity index (χ0n) is 10.9. The first-order chi connectivity index (χ1) is 8.16. The summed E-state index contributed by atoms with van der Waals surface area (Å²) in [6.45, 7) is 6.74. The molecule has 17 heavy (non-hydrogen) atoms. The lowest BCUT2D eigenvalue weighted by molar-refractivity contribution is -0.117. The van der Waals surface area contributed by atoms with Gasteiger partial charge in [-0.3, -0.25) is 4.79 Å². The van der Waals surface area contributed by atoms with Crippen molar-refractivity contribution >= 4 is 11.5 Å². The molecule has 0 fully saturated rings. The molecule has 0 saturated heterocycles. The maximum Gasteiger partial charge on any atom is 0.247 e. The fraction of sp³-hybridized carbons (Fsp3) is 0.400. The average Bonchev–Trinajstić information content (AvgIpc) is 2.38. The van der Waals surface area contributed by atoms with E-state index < -0.39 is 0 Å². The molecule has 0 aliphatic rings. The van der Waals surface area contributed by atoms with E-state index in [9.17, 15) is 4.79 Å². The summed E-state index contributed by atoms with van der Waals surface area (Å²) in [5.74, 6) is 0.0415. The first kappa shape index (κ1) is 13.5. The van der Waals surface area contributed by atoms with E-state index in [1.807, 2.05) is 44.2 Å². The van der Waals surface area contributed by atoms with E-state index in [1.54, 1.807) is 0 Å². The monoisotopic (exact) mass is 231 g/mol. The molecule has 1 N–H and O–H groups in total. The number of allylic oxidation sites excluding steroid dienone is 1. The van der Waals surface area contributed by atoms with Gasteiger partial charge in [-0.1, -0.05) is 43.7 Å². The molecule has 1 amide bonds. The normalized spacial score (nSPS) is 11.9. The number of unbranched alkanes of at least 4 members (excludes halogenated alkanes) is 1. The third-order valence-electron chi connectivity index (χ3n) is 2.93. The van der Waals surface area contributed by atoms with Crippen molar-refractivity contribution in [2.75, 3.05) is 6.54 Å². The van der Waals surface area contributed by atoms with Gasteiger partial charge in [0.1, 0.15) is 0 Å². The molecule has 2 heteroatoms. The van der Waals surface area contributed by atoms with Crippen molar-refractivity contribution in [3.63, 3.8) is 0 Å². The molecule has 0 heterocycles. The summed E-state index contributed by atoms with van der Waals surface area (Å²) >= 11 is 0. The summed E-state index contributed by atoms with van der Waals surface area (Å²) in [6, 6.07) is 10.0. The summed E-state index contributed by atoms with van der Waals surface area (Å²) in [7, 11) is 0. The smallest absolute Gasteiger partial charge is 0.247 e. The molecular formula is C15H21NO. The van der Waals surface area contributed by atoms with Crippen LogP contribution < -0.4 is 5.32 Å². The predicted molar refractivity (Wildman–Crippen MR) is 72.6 cm³/mol. The van der Waals surface area contributed by atoms with E-state index in [0.717, 1.165) is 36.1 Å². The van der Waals surface area contributed by atoms with Crippen LogP contribution in [0.15, 0.2) is 35.9 Å². The maximum absolute atomic E-state index is 11.9. The Hall–Kier alpha value is -1.57. The Balaban J connectivity index is 2.72. The molecule has 0 aliphatic heterocycles. The number of carbonyl (C=O) groups excluding carboxylic acids is 1. The lowest BCUT2D eigenvalue weighted by atomic mass is 10.0. The molecule has 2 nitrogen and oxygen atoms in total. The van der Waals surface area contributed by atoms with Gasteiger partial charge in [-0.15, -0.1) is 0 Å². The Bertz CT molecular complexity index is 393. The summed E-state index contributed by atoms with van der Waals surface area (Å²) in [5, 5.41) is 2.94. The van der Waals surface area contributed by atoms with Crippen molar-refractivity contribution in [3.05, 3.63) is 41.5 Å². The predicted octanol–water partition coefficient (Wildman–Crippen LogP) is 3.40. The molecule has 0 spiro atoms. The second kappa shape index (κ2) is 6.89. The second-order valence-corrected chi connectivity index (χ2v) is 4.23. The van der Waals surface area contributed by atoms with Crippen LogP contribution in [0.4, 0.5) is 0 Å². The number of carbonyl (C=O) groups is 1. The number of amides is 1. The van der Waals surface area contributed by atoms with Gasteiger partial charge in [0.2, 0.25) is 5.91 Å². The summed E-state index contributed by atoms with van der Waals surface area (Å²) in [6.07, 6.45) is 2.13. The molecule has 0 aliphatic carbocycles. The highest BCUT2D eigenvalue weighted by Gasteiger charge is 2.07. The number of rotatable bonds is 5. The van der Waals surface area contributed by atoms with Crippen molar-refractivity contribution in [2.24, 2.45) is 0 Å². The summed E-state index contributed by atoms with van der Waals surface area (Å²) < 4.78 is 0. The maximum atomic E-state index is 11.9. The third-order valence-corrected chi connectivity index (χ3v) is 2.93. The number of benzene rings is 1. The fourth-order valence-electron chi connectivity index (χ4n) is 1.59. The van der Waals surface area contributed by atoms with E-state index >= 15 is 0 Å². The minimum Gasteiger partial charge on any atom is -0.352 e. The Labute approximate surface area is 104 Å². The lowest BCUT2D eigenvalue weighted by Crippen LogP contribution is -2.25. The molecular weight excluding hydrogens is 210 g/mol. The van der Waals surface area contributed by atoms with Crippen molar-refractivity contribution in [1.82, 2.24) is 5.32 Å². The van der Waals surface area contributed by atoms with Crippen LogP contribution in [-0.2, 0) is 4.79 Å². The SMILES string of the molecule is CCCCNC(=O)C(C)=C(C)c1ccccc1. The van der Waals surface area contributed by atoms with Gasteiger partial charge >= 0.3 is 0 Å². The highest BCUT2D eigenvalue weighted by molar-refractivity contribution is 6.00. The summed E-state index contributed by atoms with van der Waals surface area (Å²) in [5.41, 5.74) is 2.95. The van der Waals surface area contributed by atoms with E-state index in [2.05, 4.69) is 12.2 Å². The molecule has 0 bridgehead atoms. The van der Waals surface area contributed by atoms with Crippen LogP contribution >= 0.6 is 0 Å². The number of hydrogen-bond acceptors (Lipinski definition) is 1. The van der Waals surface area contributed by atoms with Crippen molar-refractivity contribution in [1.29, 1.82) is 0 Å². The third kappa shape index (κ3) is 4.06. The number of hydrogen-bond donors (Lipinski definition) is 1. The topological polar surface area (TPSA) is 29.1 Å². The highest BCUT2D eigenvalue weighted by Crippen LogP contribution is 2.17. The molecule has 92 valence electrons. The molecule has 0 unspecified atom stereocenters. The van der Waals surface area contributed by atoms with Gasteiger partial charge in [0.25, 0.3) is 0 Å². The van der Waals surface area contributed by atoms with Crippen LogP contribution in [-0.4, -0.2) is 12.5 Å². The van der Waals surface area contributed by atoms with Crippen LogP contribution in [0, 0.1) is 0 Å². The minimum absolute atomic E-state index is 0.0415. The van der Waals surface area contributed by atoms with Crippen LogP contribution in [0.3, 0.4) is 0 Å². The van der Waals surface area contributed by atoms with Crippen LogP contribution in [0.5, 0.6) is 0 Å². The molecule has 0 atom stereocenters. The standard InChI is InChI=1S/C15H21NO/c1-4-5-11-16-15(17)13(3)12(2)14-9-7-6-8-10-14/h6-10H,4-5,11H2,1-3H3,(H,16,17). The summed E-state index contributed by atoms with van der Waals surface area (Å²) in [4.78, 5) is 11.9. The highest BCUT2D eigenvalue weighted by atomic mass is 16.1. The van der Waals surface area contributed by atoms with E-state index in [0.29, 0.717) is 0 Å². The molecule has 1 rings (SSSR count). The Kier molecular flexibility index (Phi) is 5.47. The lowest BCUT2D eigenvalue weighted by Gasteiger charge is -2.09. The largest absolute Gasteiger partial charge is 0.352 e. The second-order valence-electron chi connectivity index (χ2n) is 4.23. The number of nitrogens with one attached hydrogen (secondary N) is 1. The van der Waals surface area contributed by atoms with E-state index in [1.165, 1.54) is 0 Å². The van der Waals surface area contributed by atoms with Crippen LogP contribution in [0.25, 0.3) is 5.57 Å². The molecule has 0 radical (unpaired) electrons. The zero-order valence-corrected chi connectivity index (χ0v) is 10.9. The van der Waals surface area contributed by atoms with Gasteiger partial charge in [0.05, 0.1) is 0 Å². The molecule has 1 aromatic rings. The van der Waals surface area contributed by atoms with E-state index in [4.69, 9.17) is 0 Å². The average molecular weight is 231 g/mol. The molecule has 0 aromatic heterocycles. The Morgan fingerprint density at radius 2 is 1.82 bits per heavy atom. The van der Waals surface area contributed by atoms with Gasteiger partial charge in [-0.25, -0.2) is 0 Å². The van der Waals surface area contributed by atoms with Gasteiger partial charge in [-0.05, 0) is 31.4 Å². The zero-order chi connectivity index (χ0) is 12.7. The van der Waals surface area contributed by atoms with Gasteiger partial charge in [-0.2, -0.15) is 0 Å². The first-order valence-corrected chi connectivity index (χ1v) is 6.18. The van der Waals surface area contributed by atoms with Crippen LogP contribution in [0.1, 0.15) is 39.2 Å². The quantitative estimate of drug-likeness (QED) is 0.610. The van der Waals surface area contributed by atoms with Gasteiger partial charge in [0, 0.05) is 12.1 Å². The van der Waals surface area contributed by atoms with Crippen molar-refractivity contribution in [3.8, 4) is 0 Å². The van der Waals surface area contributed by atoms with Gasteiger partial charge in [0.15, 0.2) is 0 Å². The van der Waals surface area contributed by atoms with Gasteiger partial charge < -0.3 is 5.32 Å². The minimum atomic E-state index is 0.0415. The first-order valence-electron chi connectivity index (χ1n) is 6.18. The Morgan fingerprint density at radius 1 is 1.18 bits per heavy atom. The van der Waals surface area contributed by atoms with Crippen molar-refractivity contribution < 1.29 is 4.79 Å². The fourth-order valence-corrected chi connectivity index (χ4v) is 1.59. The molecule has 0 saturated carbocycles. The van der Waals surface area contributed by atoms with Crippen molar-refractivity contribution in [2.45, 2.75) is 33.6 Å².